The topological polar surface area (TPSA) is 98.1 Å². The van der Waals surface area contributed by atoms with Gasteiger partial charge in [0.05, 0.1) is 11.6 Å². The Hall–Kier alpha value is -1.69. The molecule has 0 radical (unpaired) electrons. The number of anilines is 1. The summed E-state index contributed by atoms with van der Waals surface area (Å²) in [4.78, 5) is 21.7. The van der Waals surface area contributed by atoms with E-state index in [1.165, 1.54) is 0 Å². The summed E-state index contributed by atoms with van der Waals surface area (Å²) >= 11 is 0. The van der Waals surface area contributed by atoms with Crippen molar-refractivity contribution in [1.82, 2.24) is 9.97 Å². The summed E-state index contributed by atoms with van der Waals surface area (Å²) in [6.45, 7) is 1.85. The van der Waals surface area contributed by atoms with Crippen LogP contribution in [0, 0.1) is 5.92 Å². The van der Waals surface area contributed by atoms with Crippen LogP contribution < -0.4 is 16.4 Å². The van der Waals surface area contributed by atoms with Crippen LogP contribution >= 0.6 is 0 Å². The Morgan fingerprint density at radius 3 is 3.12 bits per heavy atom. The van der Waals surface area contributed by atoms with Crippen molar-refractivity contribution in [3.8, 4) is 0 Å². The third kappa shape index (κ3) is 2.71. The molecule has 2 heterocycles. The zero-order valence-corrected chi connectivity index (χ0v) is 9.67. The van der Waals surface area contributed by atoms with Gasteiger partial charge < -0.3 is 16.4 Å². The minimum Gasteiger partial charge on any atom is -0.369 e. The average Bonchev–Trinajstić information content (AvgIpc) is 2.39. The molecule has 6 nitrogen and oxygen atoms in total. The zero-order chi connectivity index (χ0) is 12.3. The highest BCUT2D eigenvalue weighted by atomic mass is 16.1. The predicted octanol–water partition coefficient (Wildman–Crippen LogP) is -0.363. The lowest BCUT2D eigenvalue weighted by Crippen LogP contribution is -2.42. The highest BCUT2D eigenvalue weighted by molar-refractivity contribution is 5.77. The first-order chi connectivity index (χ1) is 8.20. The number of rotatable bonds is 3. The maximum Gasteiger partial charge on any atom is 0.225 e. The van der Waals surface area contributed by atoms with E-state index in [1.54, 1.807) is 12.3 Å². The van der Waals surface area contributed by atoms with Crippen LogP contribution in [0.25, 0.3) is 0 Å². The molecule has 0 saturated carbocycles. The molecule has 0 aliphatic carbocycles. The number of carbonyl (C=O) groups is 1. The Morgan fingerprint density at radius 2 is 2.41 bits per heavy atom. The molecule has 1 unspecified atom stereocenters. The summed E-state index contributed by atoms with van der Waals surface area (Å²) < 4.78 is 0. The number of hydrogen-bond donors (Lipinski definition) is 2. The smallest absolute Gasteiger partial charge is 0.225 e. The van der Waals surface area contributed by atoms with Gasteiger partial charge in [-0.15, -0.1) is 0 Å². The van der Waals surface area contributed by atoms with Gasteiger partial charge in [-0.1, -0.05) is 0 Å². The van der Waals surface area contributed by atoms with E-state index >= 15 is 0 Å². The second-order valence-corrected chi connectivity index (χ2v) is 4.24. The van der Waals surface area contributed by atoms with Crippen LogP contribution in [0.15, 0.2) is 12.3 Å². The highest BCUT2D eigenvalue weighted by Gasteiger charge is 2.25. The van der Waals surface area contributed by atoms with Gasteiger partial charge in [-0.2, -0.15) is 0 Å². The Kier molecular flexibility index (Phi) is 3.53. The molecule has 1 atom stereocenters. The molecule has 1 aromatic rings. The lowest BCUT2D eigenvalue weighted by atomic mass is 9.98. The van der Waals surface area contributed by atoms with Gasteiger partial charge in [-0.3, -0.25) is 4.79 Å². The third-order valence-corrected chi connectivity index (χ3v) is 3.02. The summed E-state index contributed by atoms with van der Waals surface area (Å²) in [6, 6.07) is 1.79. The Bertz CT molecular complexity index is 409. The fourth-order valence-corrected chi connectivity index (χ4v) is 2.04. The summed E-state index contributed by atoms with van der Waals surface area (Å²) in [5.74, 6) is 0.289. The van der Waals surface area contributed by atoms with E-state index in [9.17, 15) is 4.79 Å². The van der Waals surface area contributed by atoms with Gasteiger partial charge in [0, 0.05) is 25.8 Å². The standard InChI is InChI=1S/C11H17N5O/c12-6-9-3-4-14-11(15-9)16-5-1-2-8(7-16)10(13)17/h3-4,8H,1-2,5-7,12H2,(H2,13,17). The van der Waals surface area contributed by atoms with Crippen LogP contribution in [0.1, 0.15) is 18.5 Å². The lowest BCUT2D eigenvalue weighted by Gasteiger charge is -2.31. The lowest BCUT2D eigenvalue weighted by molar-refractivity contribution is -0.122. The van der Waals surface area contributed by atoms with Gasteiger partial charge in [-0.25, -0.2) is 9.97 Å². The van der Waals surface area contributed by atoms with E-state index in [0.717, 1.165) is 25.1 Å². The van der Waals surface area contributed by atoms with Crippen molar-refractivity contribution in [2.24, 2.45) is 17.4 Å². The van der Waals surface area contributed by atoms with Gasteiger partial charge in [0.2, 0.25) is 11.9 Å². The molecule has 6 heteroatoms. The third-order valence-electron chi connectivity index (χ3n) is 3.02. The number of primary amides is 1. The first-order valence-corrected chi connectivity index (χ1v) is 5.77. The van der Waals surface area contributed by atoms with Crippen LogP contribution in [0.4, 0.5) is 5.95 Å². The Labute approximate surface area is 100 Å². The SMILES string of the molecule is NCc1ccnc(N2CCCC(C(N)=O)C2)n1. The van der Waals surface area contributed by atoms with Crippen molar-refractivity contribution in [3.63, 3.8) is 0 Å². The quantitative estimate of drug-likeness (QED) is 0.745. The monoisotopic (exact) mass is 235 g/mol. The molecule has 1 amide bonds. The van der Waals surface area contributed by atoms with Crippen molar-refractivity contribution in [1.29, 1.82) is 0 Å². The van der Waals surface area contributed by atoms with Crippen LogP contribution in [-0.4, -0.2) is 29.0 Å². The molecule has 1 fully saturated rings. The molecule has 1 aromatic heterocycles. The van der Waals surface area contributed by atoms with E-state index in [2.05, 4.69) is 9.97 Å². The molecule has 2 rings (SSSR count). The summed E-state index contributed by atoms with van der Waals surface area (Å²) in [7, 11) is 0. The number of amides is 1. The number of carbonyl (C=O) groups excluding carboxylic acids is 1. The van der Waals surface area contributed by atoms with Gasteiger partial charge in [0.25, 0.3) is 0 Å². The molecule has 4 N–H and O–H groups in total. The van der Waals surface area contributed by atoms with E-state index in [4.69, 9.17) is 11.5 Å². The van der Waals surface area contributed by atoms with E-state index in [0.29, 0.717) is 19.0 Å². The maximum absolute atomic E-state index is 11.2. The van der Waals surface area contributed by atoms with E-state index < -0.39 is 0 Å². The van der Waals surface area contributed by atoms with Crippen LogP contribution in [0.3, 0.4) is 0 Å². The zero-order valence-electron chi connectivity index (χ0n) is 9.67. The first kappa shape index (κ1) is 11.8. The van der Waals surface area contributed by atoms with Crippen molar-refractivity contribution in [2.45, 2.75) is 19.4 Å². The number of nitrogens with zero attached hydrogens (tertiary/aromatic N) is 3. The number of aromatic nitrogens is 2. The summed E-state index contributed by atoms with van der Waals surface area (Å²) in [5, 5.41) is 0. The van der Waals surface area contributed by atoms with E-state index in [1.807, 2.05) is 4.90 Å². The average molecular weight is 235 g/mol. The fraction of sp³-hybridized carbons (Fsp3) is 0.545. The van der Waals surface area contributed by atoms with Gasteiger partial charge >= 0.3 is 0 Å². The van der Waals surface area contributed by atoms with E-state index in [-0.39, 0.29) is 11.8 Å². The summed E-state index contributed by atoms with van der Waals surface area (Å²) in [6.07, 6.45) is 3.48. The van der Waals surface area contributed by atoms with Crippen molar-refractivity contribution in [2.75, 3.05) is 18.0 Å². The molecule has 92 valence electrons. The molecule has 1 aliphatic rings. The normalized spacial score (nSPS) is 20.3. The minimum atomic E-state index is -0.246. The highest BCUT2D eigenvalue weighted by Crippen LogP contribution is 2.19. The molecular formula is C11H17N5O. The molecule has 1 aliphatic heterocycles. The Balaban J connectivity index is 2.13. The second-order valence-electron chi connectivity index (χ2n) is 4.24. The van der Waals surface area contributed by atoms with Crippen molar-refractivity contribution >= 4 is 11.9 Å². The Morgan fingerprint density at radius 1 is 1.59 bits per heavy atom. The predicted molar refractivity (Wildman–Crippen MR) is 64.1 cm³/mol. The second kappa shape index (κ2) is 5.09. The molecule has 17 heavy (non-hydrogen) atoms. The van der Waals surface area contributed by atoms with Crippen LogP contribution in [-0.2, 0) is 11.3 Å². The largest absolute Gasteiger partial charge is 0.369 e. The summed E-state index contributed by atoms with van der Waals surface area (Å²) in [5.41, 5.74) is 11.7. The van der Waals surface area contributed by atoms with Crippen molar-refractivity contribution < 1.29 is 4.79 Å². The molecule has 0 aromatic carbocycles. The van der Waals surface area contributed by atoms with Crippen molar-refractivity contribution in [3.05, 3.63) is 18.0 Å². The fourth-order valence-electron chi connectivity index (χ4n) is 2.04. The van der Waals surface area contributed by atoms with Gasteiger partial charge in [0.15, 0.2) is 0 Å². The van der Waals surface area contributed by atoms with Crippen LogP contribution in [0.5, 0.6) is 0 Å². The maximum atomic E-state index is 11.2. The first-order valence-electron chi connectivity index (χ1n) is 5.77. The van der Waals surface area contributed by atoms with Crippen LogP contribution in [0.2, 0.25) is 0 Å². The molecule has 0 bridgehead atoms. The number of nitrogens with two attached hydrogens (primary N) is 2. The van der Waals surface area contributed by atoms with Gasteiger partial charge in [0.1, 0.15) is 0 Å². The van der Waals surface area contributed by atoms with Gasteiger partial charge in [-0.05, 0) is 18.9 Å². The molecular weight excluding hydrogens is 218 g/mol. The molecule has 1 saturated heterocycles. The minimum absolute atomic E-state index is 0.103. The number of hydrogen-bond acceptors (Lipinski definition) is 5. The number of piperidine rings is 1. The molecule has 0 spiro atoms.